The van der Waals surface area contributed by atoms with Crippen molar-refractivity contribution in [3.05, 3.63) is 77.5 Å². The van der Waals surface area contributed by atoms with Crippen LogP contribution in [0.5, 0.6) is 0 Å². The Labute approximate surface area is 190 Å². The minimum atomic E-state index is -0.679. The van der Waals surface area contributed by atoms with Crippen molar-refractivity contribution in [2.45, 2.75) is 16.5 Å². The van der Waals surface area contributed by atoms with Crippen molar-refractivity contribution in [3.8, 4) is 0 Å². The summed E-state index contributed by atoms with van der Waals surface area (Å²) in [7, 11) is 0. The van der Waals surface area contributed by atoms with Gasteiger partial charge in [0.25, 0.3) is 5.91 Å². The number of hydrogen-bond acceptors (Lipinski definition) is 4. The molecule has 1 aromatic heterocycles. The van der Waals surface area contributed by atoms with Crippen LogP contribution in [0.25, 0.3) is 0 Å². The number of amides is 3. The number of aromatic nitrogens is 1. The molecule has 0 bridgehead atoms. The maximum absolute atomic E-state index is 14.0. The Kier molecular flexibility index (Phi) is 5.99. The van der Waals surface area contributed by atoms with Crippen LogP contribution in [0.2, 0.25) is 0 Å². The van der Waals surface area contributed by atoms with E-state index in [2.05, 4.69) is 10.3 Å². The van der Waals surface area contributed by atoms with Crippen molar-refractivity contribution in [1.29, 1.82) is 0 Å². The first kappa shape index (κ1) is 21.4. The lowest BCUT2D eigenvalue weighted by atomic mass is 10.1. The van der Waals surface area contributed by atoms with E-state index in [-0.39, 0.29) is 23.0 Å². The molecule has 4 rings (SSSR count). The third kappa shape index (κ3) is 4.43. The van der Waals surface area contributed by atoms with E-state index < -0.39 is 17.5 Å². The van der Waals surface area contributed by atoms with Crippen LogP contribution in [-0.4, -0.2) is 20.9 Å². The van der Waals surface area contributed by atoms with E-state index in [1.165, 1.54) is 29.2 Å². The molecule has 1 aliphatic heterocycles. The van der Waals surface area contributed by atoms with Crippen LogP contribution >= 0.6 is 35.3 Å². The summed E-state index contributed by atoms with van der Waals surface area (Å²) in [5.74, 6) is -1.94. The summed E-state index contributed by atoms with van der Waals surface area (Å²) in [5, 5.41) is 3.22. The van der Waals surface area contributed by atoms with E-state index >= 15 is 0 Å². The first-order valence-corrected chi connectivity index (χ1v) is 10.3. The zero-order valence-electron chi connectivity index (χ0n) is 15.5. The lowest BCUT2D eigenvalue weighted by molar-refractivity contribution is 0.0924. The number of rotatable bonds is 4. The fraction of sp³-hybridized carbons (Fsp3) is 0.0500. The topological polar surface area (TPSA) is 65.5 Å². The molecular formula is C20H12Cl2F2N4O2S. The molecular weight excluding hydrogens is 469 g/mol. The fourth-order valence-corrected chi connectivity index (χ4v) is 3.99. The number of hydrogen-bond donors (Lipinski definition) is 1. The van der Waals surface area contributed by atoms with E-state index in [0.29, 0.717) is 26.0 Å². The summed E-state index contributed by atoms with van der Waals surface area (Å²) in [5.41, 5.74) is 1.86. The molecule has 2 heterocycles. The third-order valence-corrected chi connectivity index (χ3v) is 5.70. The quantitative estimate of drug-likeness (QED) is 0.492. The number of pyridine rings is 1. The largest absolute Gasteiger partial charge is 0.332 e. The van der Waals surface area contributed by atoms with Crippen LogP contribution in [-0.2, 0) is 6.54 Å². The SMILES string of the molecule is O=C(c1ccc(N2C(=O)NCc3nc(Sc4ccc(F)cc4F)ccc32)cc1)N(Cl)Cl. The van der Waals surface area contributed by atoms with Crippen LogP contribution in [0.1, 0.15) is 16.1 Å². The van der Waals surface area contributed by atoms with Gasteiger partial charge >= 0.3 is 6.03 Å². The summed E-state index contributed by atoms with van der Waals surface area (Å²) in [6.45, 7) is 0.189. The first-order chi connectivity index (χ1) is 14.8. The van der Waals surface area contributed by atoms with Gasteiger partial charge in [-0.2, -0.15) is 3.94 Å². The van der Waals surface area contributed by atoms with Gasteiger partial charge in [0.05, 0.1) is 23.6 Å². The van der Waals surface area contributed by atoms with E-state index in [1.807, 2.05) is 0 Å². The number of nitrogens with zero attached hydrogens (tertiary/aromatic N) is 3. The second-order valence-electron chi connectivity index (χ2n) is 6.37. The van der Waals surface area contributed by atoms with E-state index in [4.69, 9.17) is 23.6 Å². The second-order valence-corrected chi connectivity index (χ2v) is 8.28. The highest BCUT2D eigenvalue weighted by Crippen LogP contribution is 2.35. The van der Waals surface area contributed by atoms with Crippen LogP contribution in [0.4, 0.5) is 25.0 Å². The molecule has 0 atom stereocenters. The number of carbonyl (C=O) groups is 2. The zero-order chi connectivity index (χ0) is 22.1. The molecule has 2 aromatic carbocycles. The summed E-state index contributed by atoms with van der Waals surface area (Å²) in [6, 6.07) is 12.4. The Morgan fingerprint density at radius 1 is 1.10 bits per heavy atom. The number of urea groups is 1. The van der Waals surface area contributed by atoms with Crippen molar-refractivity contribution < 1.29 is 18.4 Å². The normalized spacial score (nSPS) is 12.9. The summed E-state index contributed by atoms with van der Waals surface area (Å²) >= 11 is 12.0. The van der Waals surface area contributed by atoms with Crippen molar-refractivity contribution in [3.63, 3.8) is 0 Å². The summed E-state index contributed by atoms with van der Waals surface area (Å²) in [6.07, 6.45) is 0. The Balaban J connectivity index is 1.63. The minimum absolute atomic E-state index is 0.189. The maximum atomic E-state index is 14.0. The van der Waals surface area contributed by atoms with Crippen LogP contribution < -0.4 is 10.2 Å². The van der Waals surface area contributed by atoms with Gasteiger partial charge in [-0.05, 0) is 48.5 Å². The van der Waals surface area contributed by atoms with Crippen LogP contribution in [0.3, 0.4) is 0 Å². The highest BCUT2D eigenvalue weighted by molar-refractivity contribution is 7.99. The molecule has 0 radical (unpaired) electrons. The molecule has 31 heavy (non-hydrogen) atoms. The average Bonchev–Trinajstić information content (AvgIpc) is 2.75. The Hall–Kier alpha value is -2.88. The smallest absolute Gasteiger partial charge is 0.326 e. The van der Waals surface area contributed by atoms with Crippen LogP contribution in [0.15, 0.2) is 64.5 Å². The molecule has 3 amide bonds. The monoisotopic (exact) mass is 480 g/mol. The molecule has 0 saturated carbocycles. The van der Waals surface area contributed by atoms with Gasteiger partial charge in [-0.25, -0.2) is 18.6 Å². The van der Waals surface area contributed by atoms with Crippen molar-refractivity contribution in [2.24, 2.45) is 0 Å². The van der Waals surface area contributed by atoms with Gasteiger partial charge in [0.15, 0.2) is 0 Å². The number of halogens is 4. The minimum Gasteiger partial charge on any atom is -0.332 e. The number of carbonyl (C=O) groups excluding carboxylic acids is 2. The lowest BCUT2D eigenvalue weighted by Gasteiger charge is -2.29. The summed E-state index contributed by atoms with van der Waals surface area (Å²) < 4.78 is 27.5. The molecule has 0 fully saturated rings. The molecule has 0 spiro atoms. The summed E-state index contributed by atoms with van der Waals surface area (Å²) in [4.78, 5) is 30.5. The molecule has 0 unspecified atom stereocenters. The van der Waals surface area contributed by atoms with Gasteiger partial charge < -0.3 is 5.32 Å². The Bertz CT molecular complexity index is 1180. The first-order valence-electron chi connectivity index (χ1n) is 8.80. The molecule has 0 saturated heterocycles. The van der Waals surface area contributed by atoms with Gasteiger partial charge in [0.2, 0.25) is 0 Å². The molecule has 1 N–H and O–H groups in total. The van der Waals surface area contributed by atoms with Crippen LogP contribution in [0, 0.1) is 11.6 Å². The molecule has 1 aliphatic rings. The fourth-order valence-electron chi connectivity index (χ4n) is 2.99. The van der Waals surface area contributed by atoms with E-state index in [9.17, 15) is 18.4 Å². The number of nitrogens with one attached hydrogen (secondary N) is 1. The van der Waals surface area contributed by atoms with E-state index in [0.717, 1.165) is 17.8 Å². The molecule has 3 aromatic rings. The van der Waals surface area contributed by atoms with Crippen molar-refractivity contribution in [2.75, 3.05) is 4.90 Å². The predicted molar refractivity (Wildman–Crippen MR) is 113 cm³/mol. The second kappa shape index (κ2) is 8.70. The average molecular weight is 481 g/mol. The molecule has 158 valence electrons. The number of benzene rings is 2. The van der Waals surface area contributed by atoms with Gasteiger partial charge in [-0.1, -0.05) is 11.8 Å². The van der Waals surface area contributed by atoms with Gasteiger partial charge in [0, 0.05) is 40.1 Å². The van der Waals surface area contributed by atoms with Gasteiger partial charge in [-0.15, -0.1) is 0 Å². The Morgan fingerprint density at radius 2 is 1.84 bits per heavy atom. The lowest BCUT2D eigenvalue weighted by Crippen LogP contribution is -2.41. The third-order valence-electron chi connectivity index (χ3n) is 4.41. The van der Waals surface area contributed by atoms with E-state index in [1.54, 1.807) is 24.3 Å². The number of fused-ring (bicyclic) bond motifs is 1. The van der Waals surface area contributed by atoms with Crippen molar-refractivity contribution >= 4 is 58.6 Å². The van der Waals surface area contributed by atoms with Gasteiger partial charge in [-0.3, -0.25) is 9.69 Å². The highest BCUT2D eigenvalue weighted by atomic mass is 35.5. The zero-order valence-corrected chi connectivity index (χ0v) is 17.8. The number of anilines is 2. The van der Waals surface area contributed by atoms with Crippen molar-refractivity contribution in [1.82, 2.24) is 14.2 Å². The maximum Gasteiger partial charge on any atom is 0.326 e. The molecule has 6 nitrogen and oxygen atoms in total. The Morgan fingerprint density at radius 3 is 2.52 bits per heavy atom. The molecule has 11 heteroatoms. The highest BCUT2D eigenvalue weighted by Gasteiger charge is 2.27. The predicted octanol–water partition coefficient (Wildman–Crippen LogP) is 5.62. The molecule has 0 aliphatic carbocycles. The van der Waals surface area contributed by atoms with Gasteiger partial charge in [0.1, 0.15) is 16.7 Å². The standard InChI is InChI=1S/C20H12Cl2F2N4O2S/c21-28(22)19(29)11-1-4-13(5-2-11)27-16-6-8-18(26-15(16)10-25-20(27)30)31-17-7-3-12(23)9-14(17)24/h1-9H,10H2,(H,25,30).